The van der Waals surface area contributed by atoms with Gasteiger partial charge in [0.15, 0.2) is 5.84 Å². The highest BCUT2D eigenvalue weighted by Crippen LogP contribution is 2.42. The van der Waals surface area contributed by atoms with Crippen LogP contribution in [-0.2, 0) is 4.79 Å². The molecule has 0 bridgehead atoms. The van der Waals surface area contributed by atoms with E-state index in [0.717, 1.165) is 32.1 Å². The molecule has 1 saturated carbocycles. The number of hydrogen-bond acceptors (Lipinski definition) is 3. The van der Waals surface area contributed by atoms with Gasteiger partial charge in [0, 0.05) is 12.0 Å². The number of nitrogens with two attached hydrogens (primary N) is 1. The minimum atomic E-state index is -0.203. The van der Waals surface area contributed by atoms with Gasteiger partial charge < -0.3 is 15.8 Å². The molecule has 0 aliphatic heterocycles. The number of likely N-dealkylation sites (N-methyl/N-ethyl adjacent to an activating group) is 1. The van der Waals surface area contributed by atoms with Crippen molar-refractivity contribution < 1.29 is 10.0 Å². The Balaban J connectivity index is 2.77. The standard InChI is InChI=1S/C12H23N3O2/c1-3-12(7-5-6-8-12)11(16)15(4-2)9-10(13)14-17/h17H,3-9H2,1-2H3,(H2,13,14). The van der Waals surface area contributed by atoms with Gasteiger partial charge >= 0.3 is 0 Å². The first kappa shape index (κ1) is 13.8. The van der Waals surface area contributed by atoms with Crippen molar-refractivity contribution in [1.82, 2.24) is 4.90 Å². The summed E-state index contributed by atoms with van der Waals surface area (Å²) in [5.41, 5.74) is 5.27. The van der Waals surface area contributed by atoms with Crippen LogP contribution in [0.1, 0.15) is 46.0 Å². The normalized spacial score (nSPS) is 19.3. The van der Waals surface area contributed by atoms with E-state index in [1.54, 1.807) is 4.90 Å². The number of carbonyl (C=O) groups excluding carboxylic acids is 1. The van der Waals surface area contributed by atoms with Crippen molar-refractivity contribution >= 4 is 11.7 Å². The van der Waals surface area contributed by atoms with Gasteiger partial charge in [0.05, 0.1) is 6.54 Å². The minimum absolute atomic E-state index is 0.0875. The molecule has 5 nitrogen and oxygen atoms in total. The molecule has 1 fully saturated rings. The van der Waals surface area contributed by atoms with Gasteiger partial charge in [-0.2, -0.15) is 0 Å². The number of amidine groups is 1. The van der Waals surface area contributed by atoms with Gasteiger partial charge in [-0.25, -0.2) is 0 Å². The van der Waals surface area contributed by atoms with Gasteiger partial charge in [-0.15, -0.1) is 0 Å². The maximum atomic E-state index is 12.5. The predicted octanol–water partition coefficient (Wildman–Crippen LogP) is 1.55. The summed E-state index contributed by atoms with van der Waals surface area (Å²) in [5, 5.41) is 11.5. The fraction of sp³-hybridized carbons (Fsp3) is 0.833. The van der Waals surface area contributed by atoms with E-state index in [1.807, 2.05) is 6.92 Å². The second kappa shape index (κ2) is 5.89. The van der Waals surface area contributed by atoms with Crippen LogP contribution < -0.4 is 5.73 Å². The molecular weight excluding hydrogens is 218 g/mol. The molecule has 1 amide bonds. The molecule has 98 valence electrons. The number of oxime groups is 1. The molecule has 0 aromatic carbocycles. The molecule has 0 unspecified atom stereocenters. The molecule has 0 atom stereocenters. The van der Waals surface area contributed by atoms with Crippen molar-refractivity contribution in [3.05, 3.63) is 0 Å². The summed E-state index contributed by atoms with van der Waals surface area (Å²) in [6.45, 7) is 4.80. The molecule has 17 heavy (non-hydrogen) atoms. The van der Waals surface area contributed by atoms with Gasteiger partial charge in [0.25, 0.3) is 0 Å². The Hall–Kier alpha value is -1.26. The van der Waals surface area contributed by atoms with Gasteiger partial charge in [-0.05, 0) is 26.2 Å². The van der Waals surface area contributed by atoms with Crippen molar-refractivity contribution in [1.29, 1.82) is 0 Å². The van der Waals surface area contributed by atoms with Crippen molar-refractivity contribution in [3.8, 4) is 0 Å². The Morgan fingerprint density at radius 3 is 2.41 bits per heavy atom. The first-order valence-electron chi connectivity index (χ1n) is 6.35. The Bertz CT molecular complexity index is 296. The summed E-state index contributed by atoms with van der Waals surface area (Å²) in [5.74, 6) is 0.246. The second-order valence-corrected chi connectivity index (χ2v) is 4.75. The van der Waals surface area contributed by atoms with Gasteiger partial charge in [-0.3, -0.25) is 4.79 Å². The SMILES string of the molecule is CCN(CC(N)=NO)C(=O)C1(CC)CCCC1. The first-order chi connectivity index (χ1) is 8.09. The van der Waals surface area contributed by atoms with Crippen LogP contribution in [-0.4, -0.2) is 34.9 Å². The lowest BCUT2D eigenvalue weighted by Gasteiger charge is -2.32. The first-order valence-corrected chi connectivity index (χ1v) is 6.35. The highest BCUT2D eigenvalue weighted by Gasteiger charge is 2.41. The van der Waals surface area contributed by atoms with Gasteiger partial charge in [-0.1, -0.05) is 24.9 Å². The number of hydrogen-bond donors (Lipinski definition) is 2. The monoisotopic (exact) mass is 241 g/mol. The van der Waals surface area contributed by atoms with Crippen LogP contribution in [0.5, 0.6) is 0 Å². The summed E-state index contributed by atoms with van der Waals surface area (Å²) < 4.78 is 0. The Kier molecular flexibility index (Phi) is 4.78. The lowest BCUT2D eigenvalue weighted by Crippen LogP contribution is -2.46. The Morgan fingerprint density at radius 2 is 2.00 bits per heavy atom. The zero-order valence-corrected chi connectivity index (χ0v) is 10.8. The Labute approximate surface area is 103 Å². The van der Waals surface area contributed by atoms with E-state index >= 15 is 0 Å². The van der Waals surface area contributed by atoms with Crippen LogP contribution in [0.15, 0.2) is 5.16 Å². The number of rotatable bonds is 5. The lowest BCUT2D eigenvalue weighted by molar-refractivity contribution is -0.141. The molecule has 0 spiro atoms. The summed E-state index contributed by atoms with van der Waals surface area (Å²) in [6, 6.07) is 0. The van der Waals surface area contributed by atoms with E-state index in [1.165, 1.54) is 0 Å². The van der Waals surface area contributed by atoms with E-state index in [9.17, 15) is 4.79 Å². The van der Waals surface area contributed by atoms with E-state index in [0.29, 0.717) is 6.54 Å². The van der Waals surface area contributed by atoms with Crippen molar-refractivity contribution in [3.63, 3.8) is 0 Å². The molecule has 0 radical (unpaired) electrons. The summed E-state index contributed by atoms with van der Waals surface area (Å²) in [6.07, 6.45) is 5.06. The maximum absolute atomic E-state index is 12.5. The molecule has 5 heteroatoms. The van der Waals surface area contributed by atoms with Crippen molar-refractivity contribution in [2.45, 2.75) is 46.0 Å². The van der Waals surface area contributed by atoms with Gasteiger partial charge in [0.1, 0.15) is 0 Å². The predicted molar refractivity (Wildman–Crippen MR) is 66.9 cm³/mol. The number of amides is 1. The summed E-state index contributed by atoms with van der Waals surface area (Å²) in [4.78, 5) is 14.2. The van der Waals surface area contributed by atoms with Gasteiger partial charge in [0.2, 0.25) is 5.91 Å². The third-order valence-electron chi connectivity index (χ3n) is 3.84. The van der Waals surface area contributed by atoms with Crippen LogP contribution in [0.25, 0.3) is 0 Å². The second-order valence-electron chi connectivity index (χ2n) is 4.75. The van der Waals surface area contributed by atoms with Crippen molar-refractivity contribution in [2.75, 3.05) is 13.1 Å². The smallest absolute Gasteiger partial charge is 0.229 e. The van der Waals surface area contributed by atoms with E-state index < -0.39 is 0 Å². The molecule has 1 rings (SSSR count). The highest BCUT2D eigenvalue weighted by molar-refractivity contribution is 5.89. The molecule has 0 saturated heterocycles. The molecule has 0 aromatic rings. The zero-order valence-electron chi connectivity index (χ0n) is 10.8. The fourth-order valence-corrected chi connectivity index (χ4v) is 2.66. The maximum Gasteiger partial charge on any atom is 0.229 e. The van der Waals surface area contributed by atoms with E-state index in [2.05, 4.69) is 12.1 Å². The van der Waals surface area contributed by atoms with Crippen molar-refractivity contribution in [2.24, 2.45) is 16.3 Å². The van der Waals surface area contributed by atoms with Crippen LogP contribution in [0.4, 0.5) is 0 Å². The van der Waals surface area contributed by atoms with Crippen LogP contribution in [0, 0.1) is 5.41 Å². The summed E-state index contributed by atoms with van der Waals surface area (Å²) >= 11 is 0. The fourth-order valence-electron chi connectivity index (χ4n) is 2.66. The summed E-state index contributed by atoms with van der Waals surface area (Å²) in [7, 11) is 0. The molecule has 1 aliphatic rings. The molecular formula is C12H23N3O2. The zero-order chi connectivity index (χ0) is 12.9. The Morgan fingerprint density at radius 1 is 1.41 bits per heavy atom. The average molecular weight is 241 g/mol. The molecule has 0 heterocycles. The van der Waals surface area contributed by atoms with Crippen LogP contribution in [0.3, 0.4) is 0 Å². The molecule has 1 aliphatic carbocycles. The minimum Gasteiger partial charge on any atom is -0.409 e. The topological polar surface area (TPSA) is 78.9 Å². The quantitative estimate of drug-likeness (QED) is 0.332. The average Bonchev–Trinajstić information content (AvgIpc) is 2.84. The number of carbonyl (C=O) groups is 1. The highest BCUT2D eigenvalue weighted by atomic mass is 16.4. The van der Waals surface area contributed by atoms with E-state index in [-0.39, 0.29) is 23.7 Å². The van der Waals surface area contributed by atoms with Crippen LogP contribution in [0.2, 0.25) is 0 Å². The van der Waals surface area contributed by atoms with Crippen LogP contribution >= 0.6 is 0 Å². The number of nitrogens with zero attached hydrogens (tertiary/aromatic N) is 2. The largest absolute Gasteiger partial charge is 0.409 e. The van der Waals surface area contributed by atoms with E-state index in [4.69, 9.17) is 10.9 Å². The lowest BCUT2D eigenvalue weighted by atomic mass is 9.82. The third kappa shape index (κ3) is 2.90. The molecule has 3 N–H and O–H groups in total. The molecule has 0 aromatic heterocycles. The third-order valence-corrected chi connectivity index (χ3v) is 3.84.